The summed E-state index contributed by atoms with van der Waals surface area (Å²) < 4.78 is 18.9. The number of hydrogen-bond acceptors (Lipinski definition) is 8. The molecule has 0 aliphatic carbocycles. The summed E-state index contributed by atoms with van der Waals surface area (Å²) in [5.41, 5.74) is 5.08. The Kier molecular flexibility index (Phi) is 7.69. The summed E-state index contributed by atoms with van der Waals surface area (Å²) in [7, 11) is 6.91. The molecule has 0 spiro atoms. The lowest BCUT2D eigenvalue weighted by molar-refractivity contribution is 0.284. The maximum Gasteiger partial charge on any atom is 0.205 e. The lowest BCUT2D eigenvalue weighted by atomic mass is 10.1. The van der Waals surface area contributed by atoms with E-state index in [9.17, 15) is 0 Å². The van der Waals surface area contributed by atoms with Crippen LogP contribution in [0, 0.1) is 5.41 Å². The molecular weight excluding hydrogens is 456 g/mol. The highest BCUT2D eigenvalue weighted by atomic mass is 16.5. The van der Waals surface area contributed by atoms with Gasteiger partial charge in [0, 0.05) is 43.8 Å². The molecular formula is C27H30N6O3. The number of hydrogen-bond donors (Lipinski definition) is 3. The van der Waals surface area contributed by atoms with Gasteiger partial charge in [0.25, 0.3) is 0 Å². The Balaban J connectivity index is 1.57. The van der Waals surface area contributed by atoms with E-state index in [4.69, 9.17) is 24.6 Å². The van der Waals surface area contributed by atoms with E-state index in [1.54, 1.807) is 33.7 Å². The van der Waals surface area contributed by atoms with Crippen molar-refractivity contribution in [1.82, 2.24) is 19.9 Å². The molecule has 0 amide bonds. The first-order chi connectivity index (χ1) is 17.6. The van der Waals surface area contributed by atoms with Crippen LogP contribution < -0.4 is 24.8 Å². The molecule has 0 radical (unpaired) electrons. The first-order valence-electron chi connectivity index (χ1n) is 11.4. The van der Waals surface area contributed by atoms with Crippen molar-refractivity contribution in [3.8, 4) is 17.2 Å². The standard InChI is InChI=1S/C27H30N6O3/c1-29-14-21(13-28)20-12-23-26(31-15-20)33(27(30-2)32-23)16-19-7-10-24(25(11-19)35-4)36-17-18-5-8-22(34-3)9-6-18/h5-15,28-29H,16-17H2,1-4H3,(H,30,32)/b21-14+,28-13?. The number of aromatic nitrogens is 3. The molecule has 4 rings (SSSR count). The second kappa shape index (κ2) is 11.3. The number of imidazole rings is 1. The van der Waals surface area contributed by atoms with E-state index in [2.05, 4.69) is 15.6 Å². The van der Waals surface area contributed by atoms with Crippen LogP contribution in [0.5, 0.6) is 17.2 Å². The van der Waals surface area contributed by atoms with Crippen molar-refractivity contribution in [2.24, 2.45) is 0 Å². The number of methoxy groups -OCH3 is 2. The maximum atomic E-state index is 7.67. The number of benzene rings is 2. The zero-order valence-electron chi connectivity index (χ0n) is 20.8. The molecule has 2 aromatic carbocycles. The molecule has 0 saturated carbocycles. The van der Waals surface area contributed by atoms with Gasteiger partial charge in [-0.1, -0.05) is 18.2 Å². The van der Waals surface area contributed by atoms with Crippen LogP contribution in [0.15, 0.2) is 60.9 Å². The lowest BCUT2D eigenvalue weighted by Crippen LogP contribution is -2.06. The predicted molar refractivity (Wildman–Crippen MR) is 142 cm³/mol. The molecule has 186 valence electrons. The molecule has 2 heterocycles. The molecule has 0 aliphatic heterocycles. The fourth-order valence-corrected chi connectivity index (χ4v) is 3.87. The number of pyridine rings is 1. The molecule has 2 aromatic heterocycles. The highest BCUT2D eigenvalue weighted by Gasteiger charge is 2.15. The summed E-state index contributed by atoms with van der Waals surface area (Å²) in [6, 6.07) is 15.6. The second-order valence-corrected chi connectivity index (χ2v) is 7.99. The third-order valence-electron chi connectivity index (χ3n) is 5.72. The number of fused-ring (bicyclic) bond motifs is 1. The molecule has 36 heavy (non-hydrogen) atoms. The fourth-order valence-electron chi connectivity index (χ4n) is 3.87. The van der Waals surface area contributed by atoms with Gasteiger partial charge in [-0.3, -0.25) is 4.57 Å². The summed E-state index contributed by atoms with van der Waals surface area (Å²) in [5, 5.41) is 13.8. The first kappa shape index (κ1) is 24.6. The van der Waals surface area contributed by atoms with Crippen molar-refractivity contribution in [3.63, 3.8) is 0 Å². The number of anilines is 1. The molecule has 9 nitrogen and oxygen atoms in total. The minimum atomic E-state index is 0.418. The fraction of sp³-hybridized carbons (Fsp3) is 0.222. The van der Waals surface area contributed by atoms with Gasteiger partial charge in [-0.25, -0.2) is 9.97 Å². The Hall–Kier alpha value is -4.53. The molecule has 0 bridgehead atoms. The van der Waals surface area contributed by atoms with E-state index in [0.717, 1.165) is 39.2 Å². The molecule has 0 atom stereocenters. The van der Waals surface area contributed by atoms with E-state index in [1.807, 2.05) is 60.1 Å². The van der Waals surface area contributed by atoms with Crippen molar-refractivity contribution in [3.05, 3.63) is 77.6 Å². The Labute approximate surface area is 210 Å². The zero-order valence-corrected chi connectivity index (χ0v) is 20.8. The maximum absolute atomic E-state index is 7.67. The minimum Gasteiger partial charge on any atom is -0.497 e. The predicted octanol–water partition coefficient (Wildman–Crippen LogP) is 4.33. The van der Waals surface area contributed by atoms with Crippen molar-refractivity contribution in [2.45, 2.75) is 13.2 Å². The van der Waals surface area contributed by atoms with Gasteiger partial charge in [-0.15, -0.1) is 0 Å². The van der Waals surface area contributed by atoms with Crippen LogP contribution in [-0.2, 0) is 13.2 Å². The van der Waals surface area contributed by atoms with E-state index in [0.29, 0.717) is 30.6 Å². The zero-order chi connectivity index (χ0) is 25.5. The van der Waals surface area contributed by atoms with E-state index < -0.39 is 0 Å². The molecule has 0 saturated heterocycles. The van der Waals surface area contributed by atoms with Gasteiger partial charge in [-0.05, 0) is 41.5 Å². The van der Waals surface area contributed by atoms with Gasteiger partial charge in [-0.2, -0.15) is 0 Å². The Bertz CT molecular complexity index is 1380. The summed E-state index contributed by atoms with van der Waals surface area (Å²) in [6.07, 6.45) is 4.81. The van der Waals surface area contributed by atoms with E-state index in [1.165, 1.54) is 6.21 Å². The third kappa shape index (κ3) is 5.25. The van der Waals surface area contributed by atoms with Gasteiger partial charge >= 0.3 is 0 Å². The quantitative estimate of drug-likeness (QED) is 0.271. The third-order valence-corrected chi connectivity index (χ3v) is 5.72. The van der Waals surface area contributed by atoms with Crippen LogP contribution >= 0.6 is 0 Å². The van der Waals surface area contributed by atoms with Crippen LogP contribution in [-0.4, -0.2) is 49.1 Å². The highest BCUT2D eigenvalue weighted by Crippen LogP contribution is 2.30. The number of nitrogens with zero attached hydrogens (tertiary/aromatic N) is 3. The van der Waals surface area contributed by atoms with Crippen LogP contribution in [0.25, 0.3) is 16.7 Å². The van der Waals surface area contributed by atoms with Crippen molar-refractivity contribution in [2.75, 3.05) is 33.6 Å². The average Bonchev–Trinajstić information content (AvgIpc) is 3.27. The number of allylic oxidation sites excluding steroid dienone is 1. The molecule has 0 unspecified atom stereocenters. The van der Waals surface area contributed by atoms with Gasteiger partial charge in [0.2, 0.25) is 5.95 Å². The van der Waals surface area contributed by atoms with Crippen LogP contribution in [0.3, 0.4) is 0 Å². The Morgan fingerprint density at radius 1 is 1.00 bits per heavy atom. The van der Waals surface area contributed by atoms with Crippen molar-refractivity contribution >= 4 is 28.9 Å². The van der Waals surface area contributed by atoms with E-state index in [-0.39, 0.29) is 0 Å². The first-order valence-corrected chi connectivity index (χ1v) is 11.4. The monoisotopic (exact) mass is 486 g/mol. The van der Waals surface area contributed by atoms with E-state index >= 15 is 0 Å². The largest absolute Gasteiger partial charge is 0.497 e. The second-order valence-electron chi connectivity index (χ2n) is 7.99. The minimum absolute atomic E-state index is 0.418. The number of nitrogens with one attached hydrogen (secondary N) is 3. The SMILES string of the molecule is CN/C=C(\C=N)c1cnc2c(c1)nc(NC)n2Cc1ccc(OCc2ccc(OC)cc2)c(OC)c1. The summed E-state index contributed by atoms with van der Waals surface area (Å²) in [4.78, 5) is 9.36. The number of rotatable bonds is 11. The van der Waals surface area contributed by atoms with Gasteiger partial charge < -0.3 is 30.3 Å². The van der Waals surface area contributed by atoms with Crippen LogP contribution in [0.4, 0.5) is 5.95 Å². The average molecular weight is 487 g/mol. The summed E-state index contributed by atoms with van der Waals surface area (Å²) in [6.45, 7) is 0.958. The van der Waals surface area contributed by atoms with Gasteiger partial charge in [0.15, 0.2) is 17.1 Å². The van der Waals surface area contributed by atoms with Crippen molar-refractivity contribution in [1.29, 1.82) is 5.41 Å². The normalized spacial score (nSPS) is 11.3. The molecule has 4 aromatic rings. The highest BCUT2D eigenvalue weighted by molar-refractivity contribution is 6.08. The number of ether oxygens (including phenoxy) is 3. The molecule has 0 fully saturated rings. The smallest absolute Gasteiger partial charge is 0.205 e. The lowest BCUT2D eigenvalue weighted by Gasteiger charge is -2.14. The molecule has 3 N–H and O–H groups in total. The summed E-state index contributed by atoms with van der Waals surface area (Å²) in [5.74, 6) is 2.82. The molecule has 9 heteroatoms. The Morgan fingerprint density at radius 2 is 1.78 bits per heavy atom. The topological polar surface area (TPSA) is 106 Å². The Morgan fingerprint density at radius 3 is 2.44 bits per heavy atom. The van der Waals surface area contributed by atoms with Gasteiger partial charge in [0.05, 0.1) is 20.8 Å². The van der Waals surface area contributed by atoms with Gasteiger partial charge in [0.1, 0.15) is 17.9 Å². The van der Waals surface area contributed by atoms with Crippen LogP contribution in [0.2, 0.25) is 0 Å². The molecule has 0 aliphatic rings. The van der Waals surface area contributed by atoms with Crippen molar-refractivity contribution < 1.29 is 14.2 Å². The van der Waals surface area contributed by atoms with Crippen LogP contribution in [0.1, 0.15) is 16.7 Å². The summed E-state index contributed by atoms with van der Waals surface area (Å²) >= 11 is 0.